The van der Waals surface area contributed by atoms with Gasteiger partial charge in [-0.3, -0.25) is 9.78 Å². The number of hydrogen-bond acceptors (Lipinski definition) is 4. The number of fused-ring (bicyclic) bond motifs is 1. The second-order valence-corrected chi connectivity index (χ2v) is 8.01. The summed E-state index contributed by atoms with van der Waals surface area (Å²) in [6.45, 7) is 3.50. The zero-order chi connectivity index (χ0) is 18.0. The van der Waals surface area contributed by atoms with E-state index in [1.54, 1.807) is 18.3 Å². The van der Waals surface area contributed by atoms with Gasteiger partial charge in [0.25, 0.3) is 0 Å². The van der Waals surface area contributed by atoms with E-state index in [1.807, 2.05) is 25.1 Å². The minimum atomic E-state index is -3.65. The van der Waals surface area contributed by atoms with E-state index >= 15 is 0 Å². The molecule has 1 atom stereocenters. The van der Waals surface area contributed by atoms with Crippen LogP contribution in [0.2, 0.25) is 0 Å². The maximum Gasteiger partial charge on any atom is 0.240 e. The highest BCUT2D eigenvalue weighted by Gasteiger charge is 2.25. The molecule has 7 heteroatoms. The summed E-state index contributed by atoms with van der Waals surface area (Å²) >= 11 is 0. The van der Waals surface area contributed by atoms with E-state index in [0.29, 0.717) is 5.69 Å². The van der Waals surface area contributed by atoms with Gasteiger partial charge in [-0.05, 0) is 54.7 Å². The largest absolute Gasteiger partial charge is 0.350 e. The number of carbonyl (C=O) groups is 1. The number of aromatic nitrogens is 1. The summed E-state index contributed by atoms with van der Waals surface area (Å²) in [6, 6.07) is 8.69. The van der Waals surface area contributed by atoms with Crippen LogP contribution in [0.15, 0.2) is 41.4 Å². The molecule has 0 saturated carbocycles. The highest BCUT2D eigenvalue weighted by atomic mass is 32.2. The molecule has 1 aromatic heterocycles. The van der Waals surface area contributed by atoms with Crippen LogP contribution in [0.1, 0.15) is 41.8 Å². The summed E-state index contributed by atoms with van der Waals surface area (Å²) in [5.41, 5.74) is 3.60. The van der Waals surface area contributed by atoms with Gasteiger partial charge in [0.05, 0.1) is 23.2 Å². The molecule has 25 heavy (non-hydrogen) atoms. The predicted octanol–water partition coefficient (Wildman–Crippen LogP) is 1.99. The molecule has 3 rings (SSSR count). The second kappa shape index (κ2) is 6.93. The van der Waals surface area contributed by atoms with Crippen molar-refractivity contribution in [2.24, 2.45) is 0 Å². The van der Waals surface area contributed by atoms with E-state index in [2.05, 4.69) is 15.0 Å². The fourth-order valence-corrected chi connectivity index (χ4v) is 4.12. The fourth-order valence-electron chi connectivity index (χ4n) is 3.09. The van der Waals surface area contributed by atoms with Crippen LogP contribution in [0.25, 0.3) is 0 Å². The molecule has 0 unspecified atom stereocenters. The Balaban J connectivity index is 1.81. The molecule has 132 valence electrons. The van der Waals surface area contributed by atoms with Crippen molar-refractivity contribution < 1.29 is 13.2 Å². The number of sulfonamides is 1. The van der Waals surface area contributed by atoms with Crippen LogP contribution in [0.3, 0.4) is 0 Å². The lowest BCUT2D eigenvalue weighted by Gasteiger charge is -2.14. The first-order valence-electron chi connectivity index (χ1n) is 8.17. The first kappa shape index (κ1) is 17.6. The van der Waals surface area contributed by atoms with Crippen LogP contribution < -0.4 is 10.0 Å². The Bertz CT molecular complexity index is 910. The molecule has 0 spiro atoms. The highest BCUT2D eigenvalue weighted by molar-refractivity contribution is 7.89. The van der Waals surface area contributed by atoms with Gasteiger partial charge >= 0.3 is 0 Å². The van der Waals surface area contributed by atoms with Gasteiger partial charge in [-0.1, -0.05) is 12.1 Å². The van der Waals surface area contributed by atoms with Gasteiger partial charge in [-0.15, -0.1) is 0 Å². The molecule has 0 aliphatic heterocycles. The van der Waals surface area contributed by atoms with Crippen molar-refractivity contribution in [3.63, 3.8) is 0 Å². The molecule has 0 saturated heterocycles. The van der Waals surface area contributed by atoms with Gasteiger partial charge in [0, 0.05) is 13.1 Å². The molecule has 2 aromatic rings. The van der Waals surface area contributed by atoms with Crippen LogP contribution in [-0.4, -0.2) is 19.3 Å². The van der Waals surface area contributed by atoms with Crippen molar-refractivity contribution in [3.05, 3.63) is 58.9 Å². The van der Waals surface area contributed by atoms with Gasteiger partial charge < -0.3 is 5.32 Å². The van der Waals surface area contributed by atoms with Crippen LogP contribution >= 0.6 is 0 Å². The Morgan fingerprint density at radius 2 is 2.12 bits per heavy atom. The minimum Gasteiger partial charge on any atom is -0.350 e. The number of aryl methyl sites for hydroxylation is 2. The molecule has 1 aromatic carbocycles. The Morgan fingerprint density at radius 3 is 2.84 bits per heavy atom. The summed E-state index contributed by atoms with van der Waals surface area (Å²) in [5.74, 6) is -0.116. The quantitative estimate of drug-likeness (QED) is 0.855. The molecule has 6 nitrogen and oxygen atoms in total. The molecule has 1 heterocycles. The Kier molecular flexibility index (Phi) is 4.87. The second-order valence-electron chi connectivity index (χ2n) is 6.24. The van der Waals surface area contributed by atoms with E-state index in [0.717, 1.165) is 29.5 Å². The van der Waals surface area contributed by atoms with E-state index in [4.69, 9.17) is 0 Å². The van der Waals surface area contributed by atoms with Gasteiger partial charge in [0.1, 0.15) is 0 Å². The maximum atomic E-state index is 12.6. The number of amides is 1. The zero-order valence-electron chi connectivity index (χ0n) is 14.2. The lowest BCUT2D eigenvalue weighted by Crippen LogP contribution is -2.26. The molecule has 1 aliphatic rings. The van der Waals surface area contributed by atoms with Gasteiger partial charge in [0.2, 0.25) is 15.9 Å². The summed E-state index contributed by atoms with van der Waals surface area (Å²) in [7, 11) is -3.65. The fraction of sp³-hybridized carbons (Fsp3) is 0.333. The highest BCUT2D eigenvalue weighted by Crippen LogP contribution is 2.32. The number of nitrogens with one attached hydrogen (secondary N) is 2. The molecule has 0 radical (unpaired) electrons. The van der Waals surface area contributed by atoms with Crippen molar-refractivity contribution >= 4 is 15.9 Å². The van der Waals surface area contributed by atoms with Gasteiger partial charge in [0.15, 0.2) is 0 Å². The van der Waals surface area contributed by atoms with Crippen LogP contribution in [0.5, 0.6) is 0 Å². The van der Waals surface area contributed by atoms with E-state index in [-0.39, 0.29) is 23.4 Å². The smallest absolute Gasteiger partial charge is 0.240 e. The van der Waals surface area contributed by atoms with Crippen molar-refractivity contribution in [2.45, 2.75) is 44.2 Å². The number of rotatable bonds is 5. The minimum absolute atomic E-state index is 0.116. The zero-order valence-corrected chi connectivity index (χ0v) is 15.1. The summed E-state index contributed by atoms with van der Waals surface area (Å²) < 4.78 is 27.8. The van der Waals surface area contributed by atoms with Crippen molar-refractivity contribution in [1.29, 1.82) is 0 Å². The SMILES string of the molecule is CC(=O)N[C@H]1CCc2ccc(S(=O)(=O)NCc3ncccc3C)cc21. The number of hydrogen-bond donors (Lipinski definition) is 2. The molecule has 0 fully saturated rings. The third kappa shape index (κ3) is 3.88. The van der Waals surface area contributed by atoms with E-state index in [1.165, 1.54) is 6.92 Å². The van der Waals surface area contributed by atoms with Crippen LogP contribution in [0, 0.1) is 6.92 Å². The summed E-state index contributed by atoms with van der Waals surface area (Å²) in [4.78, 5) is 15.7. The molecule has 0 bridgehead atoms. The molecular formula is C18H21N3O3S. The van der Waals surface area contributed by atoms with Crippen molar-refractivity contribution in [2.75, 3.05) is 0 Å². The Labute approximate surface area is 147 Å². The molecule has 1 aliphatic carbocycles. The first-order chi connectivity index (χ1) is 11.9. The topological polar surface area (TPSA) is 88.2 Å². The number of carbonyl (C=O) groups excluding carboxylic acids is 1. The number of nitrogens with zero attached hydrogens (tertiary/aromatic N) is 1. The van der Waals surface area contributed by atoms with Gasteiger partial charge in [-0.2, -0.15) is 0 Å². The third-order valence-corrected chi connectivity index (χ3v) is 5.83. The average Bonchev–Trinajstić information content (AvgIpc) is 2.96. The maximum absolute atomic E-state index is 12.6. The lowest BCUT2D eigenvalue weighted by atomic mass is 10.1. The standard InChI is InChI=1S/C18H21N3O3S/c1-12-4-3-9-19-18(12)11-20-25(23,24)15-7-5-14-6-8-17(16(14)10-15)21-13(2)22/h3-5,7,9-10,17,20H,6,8,11H2,1-2H3,(H,21,22)/t17-/m0/s1. The van der Waals surface area contributed by atoms with Gasteiger partial charge in [-0.25, -0.2) is 13.1 Å². The van der Waals surface area contributed by atoms with Crippen molar-refractivity contribution in [3.8, 4) is 0 Å². The van der Waals surface area contributed by atoms with Crippen molar-refractivity contribution in [1.82, 2.24) is 15.0 Å². The monoisotopic (exact) mass is 359 g/mol. The van der Waals surface area contributed by atoms with Crippen LogP contribution in [-0.2, 0) is 27.8 Å². The molecule has 2 N–H and O–H groups in total. The third-order valence-electron chi connectivity index (χ3n) is 4.43. The molecule has 1 amide bonds. The molecular weight excluding hydrogens is 338 g/mol. The number of benzene rings is 1. The normalized spacial score (nSPS) is 16.5. The first-order valence-corrected chi connectivity index (χ1v) is 9.65. The lowest BCUT2D eigenvalue weighted by molar-refractivity contribution is -0.119. The summed E-state index contributed by atoms with van der Waals surface area (Å²) in [6.07, 6.45) is 3.27. The Hall–Kier alpha value is -2.25. The number of pyridine rings is 1. The Morgan fingerprint density at radius 1 is 1.32 bits per heavy atom. The average molecular weight is 359 g/mol. The van der Waals surface area contributed by atoms with E-state index in [9.17, 15) is 13.2 Å². The van der Waals surface area contributed by atoms with E-state index < -0.39 is 10.0 Å². The predicted molar refractivity (Wildman–Crippen MR) is 94.3 cm³/mol. The van der Waals surface area contributed by atoms with Crippen LogP contribution in [0.4, 0.5) is 0 Å². The summed E-state index contributed by atoms with van der Waals surface area (Å²) in [5, 5.41) is 2.88.